The van der Waals surface area contributed by atoms with Crippen LogP contribution in [0.25, 0.3) is 0 Å². The predicted octanol–water partition coefficient (Wildman–Crippen LogP) is 2.58. The lowest BCUT2D eigenvalue weighted by atomic mass is 9.95. The highest BCUT2D eigenvalue weighted by atomic mass is 35.5. The molecule has 0 saturated carbocycles. The van der Waals surface area contributed by atoms with Gasteiger partial charge in [0.05, 0.1) is 0 Å². The smallest absolute Gasteiger partial charge is 0.252 e. The topological polar surface area (TPSA) is 63.4 Å². The Kier molecular flexibility index (Phi) is 5.66. The van der Waals surface area contributed by atoms with E-state index in [0.717, 1.165) is 17.7 Å². The number of rotatable bonds is 2. The number of hydrogen-bond acceptors (Lipinski definition) is 4. The summed E-state index contributed by atoms with van der Waals surface area (Å²) in [6.07, 6.45) is 1.49. The van der Waals surface area contributed by atoms with Crippen molar-refractivity contribution < 1.29 is 8.42 Å². The maximum Gasteiger partial charge on any atom is 0.252 e. The summed E-state index contributed by atoms with van der Waals surface area (Å²) in [7, 11) is -3.33. The van der Waals surface area contributed by atoms with Gasteiger partial charge in [-0.15, -0.1) is 23.7 Å². The largest absolute Gasteiger partial charge is 0.328 e. The van der Waals surface area contributed by atoms with Gasteiger partial charge in [0.1, 0.15) is 4.21 Å². The van der Waals surface area contributed by atoms with Gasteiger partial charge in [-0.25, -0.2) is 8.42 Å². The molecule has 0 unspecified atom stereocenters. The van der Waals surface area contributed by atoms with Crippen LogP contribution >= 0.6 is 23.7 Å². The van der Waals surface area contributed by atoms with Crippen LogP contribution in [0.2, 0.25) is 0 Å². The van der Waals surface area contributed by atoms with Gasteiger partial charge < -0.3 is 5.73 Å². The van der Waals surface area contributed by atoms with Gasteiger partial charge in [0.2, 0.25) is 0 Å². The lowest BCUT2D eigenvalue weighted by molar-refractivity contribution is 0.320. The summed E-state index contributed by atoms with van der Waals surface area (Å²) >= 11 is 1.38. The molecule has 0 bridgehead atoms. The van der Waals surface area contributed by atoms with Crippen molar-refractivity contribution in [2.75, 3.05) is 13.1 Å². The summed E-state index contributed by atoms with van der Waals surface area (Å²) < 4.78 is 27.1. The molecule has 0 radical (unpaired) electrons. The SMILES string of the molecule is CC(C)(C)c1ccc(S(=O)(=O)N2CCC(N)CC2)s1.Cl. The minimum atomic E-state index is -3.33. The van der Waals surface area contributed by atoms with Gasteiger partial charge >= 0.3 is 0 Å². The van der Waals surface area contributed by atoms with Crippen molar-refractivity contribution in [2.24, 2.45) is 5.73 Å². The summed E-state index contributed by atoms with van der Waals surface area (Å²) in [6, 6.07) is 3.79. The molecule has 4 nitrogen and oxygen atoms in total. The molecular weight excluding hydrogens is 316 g/mol. The van der Waals surface area contributed by atoms with E-state index in [0.29, 0.717) is 17.3 Å². The summed E-state index contributed by atoms with van der Waals surface area (Å²) in [5, 5.41) is 0. The molecule has 1 aromatic heterocycles. The Labute approximate surface area is 131 Å². The molecule has 1 aromatic rings. The molecule has 0 aromatic carbocycles. The molecule has 1 fully saturated rings. The second kappa shape index (κ2) is 6.32. The van der Waals surface area contributed by atoms with Crippen LogP contribution < -0.4 is 5.73 Å². The highest BCUT2D eigenvalue weighted by Crippen LogP contribution is 2.33. The molecule has 0 spiro atoms. The second-order valence-electron chi connectivity index (χ2n) is 6.11. The lowest BCUT2D eigenvalue weighted by Gasteiger charge is -2.28. The Bertz CT molecular complexity index is 541. The van der Waals surface area contributed by atoms with E-state index in [1.807, 2.05) is 6.07 Å². The van der Waals surface area contributed by atoms with Gasteiger partial charge in [0.25, 0.3) is 10.0 Å². The summed E-state index contributed by atoms with van der Waals surface area (Å²) in [4.78, 5) is 1.10. The Morgan fingerprint density at radius 1 is 1.25 bits per heavy atom. The number of piperidine rings is 1. The number of nitrogens with zero attached hydrogens (tertiary/aromatic N) is 1. The molecule has 116 valence electrons. The second-order valence-corrected chi connectivity index (χ2v) is 9.36. The Balaban J connectivity index is 0.00000200. The van der Waals surface area contributed by atoms with Crippen molar-refractivity contribution in [3.05, 3.63) is 17.0 Å². The molecule has 1 aliphatic heterocycles. The van der Waals surface area contributed by atoms with Crippen LogP contribution in [0, 0.1) is 0 Å². The zero-order valence-corrected chi connectivity index (χ0v) is 14.6. The molecule has 0 atom stereocenters. The van der Waals surface area contributed by atoms with Crippen LogP contribution in [0.3, 0.4) is 0 Å². The van der Waals surface area contributed by atoms with Crippen molar-refractivity contribution in [3.63, 3.8) is 0 Å². The predicted molar refractivity (Wildman–Crippen MR) is 86.2 cm³/mol. The van der Waals surface area contributed by atoms with E-state index in [9.17, 15) is 8.42 Å². The van der Waals surface area contributed by atoms with E-state index in [4.69, 9.17) is 5.73 Å². The molecular formula is C13H23ClN2O2S2. The molecule has 0 aliphatic carbocycles. The van der Waals surface area contributed by atoms with E-state index in [-0.39, 0.29) is 23.9 Å². The fourth-order valence-electron chi connectivity index (χ4n) is 2.11. The van der Waals surface area contributed by atoms with E-state index in [1.54, 1.807) is 10.4 Å². The van der Waals surface area contributed by atoms with Crippen LogP contribution in [-0.2, 0) is 15.4 Å². The third-order valence-corrected chi connectivity index (χ3v) is 7.29. The summed E-state index contributed by atoms with van der Waals surface area (Å²) in [5.41, 5.74) is 5.81. The number of halogens is 1. The van der Waals surface area contributed by atoms with Crippen LogP contribution in [-0.4, -0.2) is 31.9 Å². The molecule has 20 heavy (non-hydrogen) atoms. The maximum atomic E-state index is 12.5. The minimum absolute atomic E-state index is 0. The van der Waals surface area contributed by atoms with E-state index < -0.39 is 10.0 Å². The monoisotopic (exact) mass is 338 g/mol. The van der Waals surface area contributed by atoms with Gasteiger partial charge in [0.15, 0.2) is 0 Å². The number of sulfonamides is 1. The molecule has 7 heteroatoms. The van der Waals surface area contributed by atoms with Crippen LogP contribution in [0.5, 0.6) is 0 Å². The minimum Gasteiger partial charge on any atom is -0.328 e. The lowest BCUT2D eigenvalue weighted by Crippen LogP contribution is -2.42. The Hall–Kier alpha value is -0.140. The van der Waals surface area contributed by atoms with Crippen LogP contribution in [0.4, 0.5) is 0 Å². The van der Waals surface area contributed by atoms with Gasteiger partial charge in [0, 0.05) is 24.0 Å². The van der Waals surface area contributed by atoms with Gasteiger partial charge in [-0.2, -0.15) is 4.31 Å². The van der Waals surface area contributed by atoms with Crippen LogP contribution in [0.1, 0.15) is 38.5 Å². The number of nitrogens with two attached hydrogens (primary N) is 1. The first kappa shape index (κ1) is 17.9. The third-order valence-electron chi connectivity index (χ3n) is 3.41. The fraction of sp³-hybridized carbons (Fsp3) is 0.692. The first-order valence-corrected chi connectivity index (χ1v) is 8.83. The molecule has 1 saturated heterocycles. The van der Waals surface area contributed by atoms with Gasteiger partial charge in [-0.05, 0) is 30.4 Å². The maximum absolute atomic E-state index is 12.5. The normalized spacial score (nSPS) is 18.8. The fourth-order valence-corrected chi connectivity index (χ4v) is 5.09. The summed E-state index contributed by atoms with van der Waals surface area (Å²) in [5.74, 6) is 0. The number of thiophene rings is 1. The molecule has 1 aliphatic rings. The average molecular weight is 339 g/mol. The van der Waals surface area contributed by atoms with Crippen molar-refractivity contribution in [1.82, 2.24) is 4.31 Å². The standard InChI is InChI=1S/C13H22N2O2S2.ClH/c1-13(2,3)11-4-5-12(18-11)19(16,17)15-8-6-10(14)7-9-15;/h4-5,10H,6-9,14H2,1-3H3;1H. The highest BCUT2D eigenvalue weighted by Gasteiger charge is 2.30. The third kappa shape index (κ3) is 3.74. The van der Waals surface area contributed by atoms with Gasteiger partial charge in [-0.3, -0.25) is 0 Å². The number of hydrogen-bond donors (Lipinski definition) is 1. The van der Waals surface area contributed by atoms with Crippen molar-refractivity contribution in [2.45, 2.75) is 49.3 Å². The highest BCUT2D eigenvalue weighted by molar-refractivity contribution is 7.91. The molecule has 0 amide bonds. The van der Waals surface area contributed by atoms with Gasteiger partial charge in [-0.1, -0.05) is 20.8 Å². The zero-order valence-electron chi connectivity index (χ0n) is 12.1. The van der Waals surface area contributed by atoms with E-state index >= 15 is 0 Å². The first-order valence-electron chi connectivity index (χ1n) is 6.57. The first-order chi connectivity index (χ1) is 8.71. The average Bonchev–Trinajstić information content (AvgIpc) is 2.79. The van der Waals surface area contributed by atoms with E-state index in [2.05, 4.69) is 20.8 Å². The van der Waals surface area contributed by atoms with Crippen LogP contribution in [0.15, 0.2) is 16.3 Å². The zero-order chi connectivity index (χ0) is 14.3. The van der Waals surface area contributed by atoms with Crippen molar-refractivity contribution >= 4 is 33.8 Å². The molecule has 2 N–H and O–H groups in total. The Morgan fingerprint density at radius 3 is 2.25 bits per heavy atom. The molecule has 2 rings (SSSR count). The van der Waals surface area contributed by atoms with Crippen molar-refractivity contribution in [3.8, 4) is 0 Å². The Morgan fingerprint density at radius 2 is 1.80 bits per heavy atom. The summed E-state index contributed by atoms with van der Waals surface area (Å²) in [6.45, 7) is 7.35. The quantitative estimate of drug-likeness (QED) is 0.901. The van der Waals surface area contributed by atoms with E-state index in [1.165, 1.54) is 11.3 Å². The molecule has 2 heterocycles. The van der Waals surface area contributed by atoms with Crippen molar-refractivity contribution in [1.29, 1.82) is 0 Å².